The number of thiazole rings is 1. The molecule has 0 saturated carbocycles. The first-order valence-corrected chi connectivity index (χ1v) is 9.98. The summed E-state index contributed by atoms with van der Waals surface area (Å²) < 4.78 is 2.05. The number of rotatable bonds is 3. The molecule has 0 bridgehead atoms. The Morgan fingerprint density at radius 1 is 0.821 bits per heavy atom. The van der Waals surface area contributed by atoms with Gasteiger partial charge in [0.2, 0.25) is 0 Å². The van der Waals surface area contributed by atoms with Gasteiger partial charge in [-0.1, -0.05) is 65.7 Å². The third kappa shape index (κ3) is 3.73. The minimum absolute atomic E-state index is 0.237. The number of hydrogen-bond donors (Lipinski definition) is 0. The molecule has 4 rings (SSSR count). The molecule has 0 spiro atoms. The van der Waals surface area contributed by atoms with Crippen LogP contribution in [0.3, 0.4) is 0 Å². The van der Waals surface area contributed by atoms with Gasteiger partial charge in [0.25, 0.3) is 5.91 Å². The molecule has 0 saturated heterocycles. The van der Waals surface area contributed by atoms with Gasteiger partial charge in [0.1, 0.15) is 0 Å². The van der Waals surface area contributed by atoms with Gasteiger partial charge in [0, 0.05) is 16.6 Å². The maximum atomic E-state index is 12.7. The zero-order chi connectivity index (χ0) is 19.5. The summed E-state index contributed by atoms with van der Waals surface area (Å²) in [5, 5.41) is 2.06. The van der Waals surface area contributed by atoms with Crippen molar-refractivity contribution in [3.63, 3.8) is 0 Å². The summed E-state index contributed by atoms with van der Waals surface area (Å²) in [6.45, 7) is 4.14. The van der Waals surface area contributed by atoms with E-state index in [1.807, 2.05) is 18.2 Å². The summed E-state index contributed by atoms with van der Waals surface area (Å²) in [5.41, 5.74) is 6.09. The normalized spacial score (nSPS) is 11.6. The maximum Gasteiger partial charge on any atom is 0.279 e. The second kappa shape index (κ2) is 7.79. The van der Waals surface area contributed by atoms with Crippen LogP contribution >= 0.6 is 11.3 Å². The van der Waals surface area contributed by atoms with Gasteiger partial charge in [0.15, 0.2) is 4.80 Å². The molecule has 1 aromatic heterocycles. The molecule has 0 unspecified atom stereocenters. The molecule has 138 valence electrons. The highest BCUT2D eigenvalue weighted by Crippen LogP contribution is 2.24. The second-order valence-corrected chi connectivity index (χ2v) is 7.56. The van der Waals surface area contributed by atoms with E-state index in [1.165, 1.54) is 22.5 Å². The van der Waals surface area contributed by atoms with Crippen LogP contribution in [0.25, 0.3) is 16.9 Å². The lowest BCUT2D eigenvalue weighted by molar-refractivity contribution is 0.0998. The van der Waals surface area contributed by atoms with Gasteiger partial charge in [-0.25, -0.2) is 0 Å². The zero-order valence-electron chi connectivity index (χ0n) is 15.8. The van der Waals surface area contributed by atoms with Gasteiger partial charge in [-0.2, -0.15) is 4.99 Å². The van der Waals surface area contributed by atoms with Crippen LogP contribution in [0.4, 0.5) is 0 Å². The fraction of sp³-hybridized carbons (Fsp3) is 0.0833. The van der Waals surface area contributed by atoms with E-state index in [4.69, 9.17) is 0 Å². The van der Waals surface area contributed by atoms with E-state index >= 15 is 0 Å². The average Bonchev–Trinajstić information content (AvgIpc) is 3.13. The molecule has 0 aliphatic heterocycles. The van der Waals surface area contributed by atoms with E-state index in [1.54, 1.807) is 12.1 Å². The van der Waals surface area contributed by atoms with Gasteiger partial charge >= 0.3 is 0 Å². The van der Waals surface area contributed by atoms with Crippen molar-refractivity contribution in [2.24, 2.45) is 4.99 Å². The Balaban J connectivity index is 1.89. The third-order valence-corrected chi connectivity index (χ3v) is 5.39. The number of nitrogens with zero attached hydrogens (tertiary/aromatic N) is 2. The molecule has 0 fully saturated rings. The molecule has 1 amide bonds. The number of amides is 1. The van der Waals surface area contributed by atoms with Gasteiger partial charge in [-0.15, -0.1) is 11.3 Å². The molecule has 0 radical (unpaired) electrons. The largest absolute Gasteiger partial charge is 0.285 e. The van der Waals surface area contributed by atoms with Crippen molar-refractivity contribution in [3.05, 3.63) is 106 Å². The van der Waals surface area contributed by atoms with Crippen LogP contribution in [0.5, 0.6) is 0 Å². The molecule has 0 aliphatic rings. The summed E-state index contributed by atoms with van der Waals surface area (Å²) in [7, 11) is 0. The first-order valence-electron chi connectivity index (χ1n) is 9.10. The summed E-state index contributed by atoms with van der Waals surface area (Å²) >= 11 is 1.47. The number of aryl methyl sites for hydroxylation is 2. The predicted octanol–water partition coefficient (Wildman–Crippen LogP) is 5.56. The summed E-state index contributed by atoms with van der Waals surface area (Å²) in [4.78, 5) is 17.8. The van der Waals surface area contributed by atoms with Crippen LogP contribution < -0.4 is 4.80 Å². The van der Waals surface area contributed by atoms with Crippen LogP contribution in [-0.2, 0) is 0 Å². The zero-order valence-corrected chi connectivity index (χ0v) is 16.6. The van der Waals surface area contributed by atoms with Crippen molar-refractivity contribution >= 4 is 17.2 Å². The smallest absolute Gasteiger partial charge is 0.279 e. The predicted molar refractivity (Wildman–Crippen MR) is 115 cm³/mol. The number of benzene rings is 3. The molecule has 1 heterocycles. The SMILES string of the molecule is Cc1ccc(-c2csc(=NC(=O)c3ccccc3)n2-c2ccc(C)cc2)cc1. The monoisotopic (exact) mass is 384 g/mol. The quantitative estimate of drug-likeness (QED) is 0.455. The third-order valence-electron chi connectivity index (χ3n) is 4.57. The van der Waals surface area contributed by atoms with Gasteiger partial charge in [-0.05, 0) is 43.7 Å². The molecule has 0 aliphatic carbocycles. The standard InChI is InChI=1S/C24H20N2OS/c1-17-8-12-19(13-9-17)22-16-28-24(25-23(27)20-6-4-3-5-7-20)26(22)21-14-10-18(2)11-15-21/h3-16H,1-2H3. The Morgan fingerprint density at radius 3 is 2.07 bits per heavy atom. The van der Waals surface area contributed by atoms with E-state index in [-0.39, 0.29) is 5.91 Å². The molecule has 3 aromatic carbocycles. The Labute approximate surface area is 168 Å². The van der Waals surface area contributed by atoms with E-state index < -0.39 is 0 Å². The highest BCUT2D eigenvalue weighted by molar-refractivity contribution is 7.07. The Kier molecular flexibility index (Phi) is 5.04. The molecule has 28 heavy (non-hydrogen) atoms. The Morgan fingerprint density at radius 2 is 1.43 bits per heavy atom. The molecule has 4 aromatic rings. The molecule has 4 heteroatoms. The van der Waals surface area contributed by atoms with Crippen molar-refractivity contribution in [2.45, 2.75) is 13.8 Å². The molecule has 3 nitrogen and oxygen atoms in total. The fourth-order valence-electron chi connectivity index (χ4n) is 2.99. The van der Waals surface area contributed by atoms with Crippen LogP contribution in [0.2, 0.25) is 0 Å². The highest BCUT2D eigenvalue weighted by atomic mass is 32.1. The molecular formula is C24H20N2OS. The molecular weight excluding hydrogens is 364 g/mol. The number of hydrogen-bond acceptors (Lipinski definition) is 2. The van der Waals surface area contributed by atoms with Crippen molar-refractivity contribution in [1.29, 1.82) is 0 Å². The Hall–Kier alpha value is -3.24. The minimum Gasteiger partial charge on any atom is -0.285 e. The van der Waals surface area contributed by atoms with Crippen molar-refractivity contribution in [2.75, 3.05) is 0 Å². The lowest BCUT2D eigenvalue weighted by Crippen LogP contribution is -2.16. The van der Waals surface area contributed by atoms with Crippen molar-refractivity contribution in [1.82, 2.24) is 4.57 Å². The van der Waals surface area contributed by atoms with Gasteiger partial charge in [0.05, 0.1) is 5.69 Å². The fourth-order valence-corrected chi connectivity index (χ4v) is 3.89. The highest BCUT2D eigenvalue weighted by Gasteiger charge is 2.12. The average molecular weight is 385 g/mol. The number of carbonyl (C=O) groups excluding carboxylic acids is 1. The molecule has 0 N–H and O–H groups in total. The Bertz CT molecular complexity index is 1170. The number of carbonyl (C=O) groups is 1. The van der Waals surface area contributed by atoms with E-state index in [9.17, 15) is 4.79 Å². The topological polar surface area (TPSA) is 34.4 Å². The van der Waals surface area contributed by atoms with E-state index in [2.05, 4.69) is 77.3 Å². The van der Waals surface area contributed by atoms with Crippen LogP contribution in [-0.4, -0.2) is 10.5 Å². The summed E-state index contributed by atoms with van der Waals surface area (Å²) in [5.74, 6) is -0.237. The van der Waals surface area contributed by atoms with Crippen LogP contribution in [0.15, 0.2) is 89.2 Å². The lowest BCUT2D eigenvalue weighted by atomic mass is 10.1. The van der Waals surface area contributed by atoms with E-state index in [0.29, 0.717) is 10.4 Å². The van der Waals surface area contributed by atoms with Crippen molar-refractivity contribution in [3.8, 4) is 16.9 Å². The first kappa shape index (κ1) is 18.1. The minimum atomic E-state index is -0.237. The van der Waals surface area contributed by atoms with Gasteiger partial charge in [-0.3, -0.25) is 9.36 Å². The molecule has 0 atom stereocenters. The lowest BCUT2D eigenvalue weighted by Gasteiger charge is -2.10. The van der Waals surface area contributed by atoms with Crippen LogP contribution in [0, 0.1) is 13.8 Å². The van der Waals surface area contributed by atoms with Crippen molar-refractivity contribution < 1.29 is 4.79 Å². The number of aromatic nitrogens is 1. The van der Waals surface area contributed by atoms with E-state index in [0.717, 1.165) is 16.9 Å². The first-order chi connectivity index (χ1) is 13.6. The van der Waals surface area contributed by atoms with Gasteiger partial charge < -0.3 is 0 Å². The summed E-state index contributed by atoms with van der Waals surface area (Å²) in [6.07, 6.45) is 0. The summed E-state index contributed by atoms with van der Waals surface area (Å²) in [6, 6.07) is 25.8. The van der Waals surface area contributed by atoms with Crippen LogP contribution in [0.1, 0.15) is 21.5 Å². The second-order valence-electron chi connectivity index (χ2n) is 6.72. The maximum absolute atomic E-state index is 12.7.